The zero-order chi connectivity index (χ0) is 15.2. The Morgan fingerprint density at radius 3 is 1.70 bits per heavy atom. The van der Waals surface area contributed by atoms with Gasteiger partial charge in [0.25, 0.3) is 0 Å². The number of carboxylic acid groups (broad SMARTS) is 1. The minimum absolute atomic E-state index is 0.376. The van der Waals surface area contributed by atoms with Crippen LogP contribution < -0.4 is 0 Å². The largest absolute Gasteiger partial charge is 0.481 e. The van der Waals surface area contributed by atoms with Crippen molar-refractivity contribution in [3.8, 4) is 0 Å². The molecule has 0 unspecified atom stereocenters. The number of unbranched alkanes of at least 4 members (excludes halogenated alkanes) is 9. The monoisotopic (exact) mass is 288 g/mol. The van der Waals surface area contributed by atoms with Crippen molar-refractivity contribution >= 4 is 5.97 Å². The molecule has 0 aromatic carbocycles. The van der Waals surface area contributed by atoms with E-state index in [1.165, 1.54) is 44.9 Å². The van der Waals surface area contributed by atoms with E-state index in [1.54, 1.807) is 0 Å². The van der Waals surface area contributed by atoms with Gasteiger partial charge in [-0.2, -0.15) is 0 Å². The summed E-state index contributed by atoms with van der Waals surface area (Å²) in [7, 11) is 0. The van der Waals surface area contributed by atoms with Crippen LogP contribution in [0.5, 0.6) is 0 Å². The summed E-state index contributed by atoms with van der Waals surface area (Å²) in [5, 5.41) is 27.5. The van der Waals surface area contributed by atoms with Crippen molar-refractivity contribution in [2.75, 3.05) is 0 Å². The van der Waals surface area contributed by atoms with Gasteiger partial charge in [-0.25, -0.2) is 0 Å². The Balaban J connectivity index is 3.28. The molecule has 0 radical (unpaired) electrons. The lowest BCUT2D eigenvalue weighted by molar-refractivity contribution is -0.141. The molecule has 3 N–H and O–H groups in total. The summed E-state index contributed by atoms with van der Waals surface area (Å²) in [5.74, 6) is -1.07. The van der Waals surface area contributed by atoms with Crippen molar-refractivity contribution < 1.29 is 20.1 Å². The Bertz CT molecular complexity index is 231. The van der Waals surface area contributed by atoms with Crippen LogP contribution in [0.15, 0.2) is 0 Å². The van der Waals surface area contributed by atoms with Gasteiger partial charge in [0.15, 0.2) is 0 Å². The predicted octanol–water partition coefficient (Wildman–Crippen LogP) is 3.49. The Labute approximate surface area is 123 Å². The number of hydrogen-bond acceptors (Lipinski definition) is 3. The molecule has 0 spiro atoms. The maximum atomic E-state index is 10.4. The number of aliphatic hydroxyl groups excluding tert-OH is 2. The first-order valence-corrected chi connectivity index (χ1v) is 8.15. The summed E-state index contributed by atoms with van der Waals surface area (Å²) in [6.07, 6.45) is 10.3. The van der Waals surface area contributed by atoms with Crippen molar-refractivity contribution in [3.63, 3.8) is 0 Å². The van der Waals surface area contributed by atoms with Crippen LogP contribution in [-0.2, 0) is 4.79 Å². The van der Waals surface area contributed by atoms with E-state index in [0.717, 1.165) is 19.3 Å². The van der Waals surface area contributed by atoms with Gasteiger partial charge in [-0.05, 0) is 6.42 Å². The lowest BCUT2D eigenvalue weighted by Crippen LogP contribution is -2.28. The molecule has 0 saturated carbocycles. The van der Waals surface area contributed by atoms with Gasteiger partial charge in [0.2, 0.25) is 0 Å². The molecular formula is C16H32O4. The molecular weight excluding hydrogens is 256 g/mol. The quantitative estimate of drug-likeness (QED) is 0.428. The average molecular weight is 288 g/mol. The number of carboxylic acids is 1. The van der Waals surface area contributed by atoms with E-state index in [0.29, 0.717) is 6.42 Å². The standard InChI is InChI=1S/C16H32O4/c1-2-3-4-5-6-7-8-9-10-11-12-14(17)15(18)13-16(19)20/h14-15,17-18H,2-13H2,1H3,(H,19,20)/t14-,15+/m1/s1. The number of rotatable bonds is 14. The van der Waals surface area contributed by atoms with E-state index < -0.39 is 18.2 Å². The Morgan fingerprint density at radius 2 is 1.25 bits per heavy atom. The van der Waals surface area contributed by atoms with Gasteiger partial charge in [0, 0.05) is 0 Å². The highest BCUT2D eigenvalue weighted by molar-refractivity contribution is 5.67. The predicted molar refractivity (Wildman–Crippen MR) is 80.7 cm³/mol. The van der Waals surface area contributed by atoms with E-state index in [-0.39, 0.29) is 6.42 Å². The summed E-state index contributed by atoms with van der Waals surface area (Å²) < 4.78 is 0. The molecule has 0 rings (SSSR count). The number of carbonyl (C=O) groups is 1. The number of aliphatic carboxylic acids is 1. The normalized spacial score (nSPS) is 14.2. The maximum Gasteiger partial charge on any atom is 0.306 e. The van der Waals surface area contributed by atoms with Gasteiger partial charge < -0.3 is 15.3 Å². The first kappa shape index (κ1) is 19.4. The molecule has 4 heteroatoms. The minimum Gasteiger partial charge on any atom is -0.481 e. The fourth-order valence-corrected chi connectivity index (χ4v) is 2.35. The summed E-state index contributed by atoms with van der Waals surface area (Å²) in [6, 6.07) is 0. The molecule has 0 bridgehead atoms. The molecule has 120 valence electrons. The lowest BCUT2D eigenvalue weighted by Gasteiger charge is -2.15. The topological polar surface area (TPSA) is 77.8 Å². The van der Waals surface area contributed by atoms with Crippen LogP contribution in [-0.4, -0.2) is 33.5 Å². The fourth-order valence-electron chi connectivity index (χ4n) is 2.35. The third-order valence-corrected chi connectivity index (χ3v) is 3.68. The molecule has 2 atom stereocenters. The summed E-state index contributed by atoms with van der Waals surface area (Å²) in [4.78, 5) is 10.4. The van der Waals surface area contributed by atoms with Crippen LogP contribution in [0, 0.1) is 0 Å². The highest BCUT2D eigenvalue weighted by atomic mass is 16.4. The van der Waals surface area contributed by atoms with E-state index in [4.69, 9.17) is 5.11 Å². The molecule has 0 aromatic heterocycles. The van der Waals surface area contributed by atoms with Crippen LogP contribution in [0.25, 0.3) is 0 Å². The lowest BCUT2D eigenvalue weighted by atomic mass is 10.0. The first-order chi connectivity index (χ1) is 9.57. The van der Waals surface area contributed by atoms with Gasteiger partial charge in [0.05, 0.1) is 18.6 Å². The van der Waals surface area contributed by atoms with E-state index in [2.05, 4.69) is 6.92 Å². The van der Waals surface area contributed by atoms with Gasteiger partial charge in [0.1, 0.15) is 0 Å². The van der Waals surface area contributed by atoms with Crippen molar-refractivity contribution in [1.29, 1.82) is 0 Å². The molecule has 0 fully saturated rings. The highest BCUT2D eigenvalue weighted by Crippen LogP contribution is 2.13. The third kappa shape index (κ3) is 12.4. The van der Waals surface area contributed by atoms with Crippen molar-refractivity contribution in [1.82, 2.24) is 0 Å². The Morgan fingerprint density at radius 1 is 0.800 bits per heavy atom. The van der Waals surface area contributed by atoms with Gasteiger partial charge in [-0.15, -0.1) is 0 Å². The smallest absolute Gasteiger partial charge is 0.306 e. The zero-order valence-electron chi connectivity index (χ0n) is 12.9. The second-order valence-electron chi connectivity index (χ2n) is 5.70. The Hall–Kier alpha value is -0.610. The third-order valence-electron chi connectivity index (χ3n) is 3.68. The van der Waals surface area contributed by atoms with Crippen molar-refractivity contribution in [2.45, 2.75) is 96.2 Å². The van der Waals surface area contributed by atoms with Crippen LogP contribution >= 0.6 is 0 Å². The van der Waals surface area contributed by atoms with Crippen molar-refractivity contribution in [2.24, 2.45) is 0 Å². The average Bonchev–Trinajstić information content (AvgIpc) is 2.39. The fraction of sp³-hybridized carbons (Fsp3) is 0.938. The van der Waals surface area contributed by atoms with Crippen LogP contribution in [0.2, 0.25) is 0 Å². The number of hydrogen-bond donors (Lipinski definition) is 3. The molecule has 0 aromatic rings. The van der Waals surface area contributed by atoms with E-state index >= 15 is 0 Å². The maximum absolute atomic E-state index is 10.4. The SMILES string of the molecule is CCCCCCCCCCCC[C@@H](O)[C@@H](O)CC(=O)O. The minimum atomic E-state index is -1.13. The highest BCUT2D eigenvalue weighted by Gasteiger charge is 2.18. The molecule has 0 heterocycles. The van der Waals surface area contributed by atoms with Crippen LogP contribution in [0.3, 0.4) is 0 Å². The van der Waals surface area contributed by atoms with E-state index in [9.17, 15) is 15.0 Å². The molecule has 4 nitrogen and oxygen atoms in total. The van der Waals surface area contributed by atoms with Crippen LogP contribution in [0.4, 0.5) is 0 Å². The Kier molecular flexibility index (Phi) is 13.0. The molecule has 0 aliphatic rings. The van der Waals surface area contributed by atoms with Gasteiger partial charge in [-0.3, -0.25) is 4.79 Å². The summed E-state index contributed by atoms with van der Waals surface area (Å²) in [5.41, 5.74) is 0. The van der Waals surface area contributed by atoms with E-state index in [1.807, 2.05) is 0 Å². The number of aliphatic hydroxyl groups is 2. The second-order valence-corrected chi connectivity index (χ2v) is 5.70. The zero-order valence-corrected chi connectivity index (χ0v) is 12.9. The molecule has 0 aliphatic heterocycles. The molecule has 0 saturated heterocycles. The molecule has 20 heavy (non-hydrogen) atoms. The summed E-state index contributed by atoms with van der Waals surface area (Å²) in [6.45, 7) is 2.22. The van der Waals surface area contributed by atoms with Gasteiger partial charge in [-0.1, -0.05) is 71.1 Å². The van der Waals surface area contributed by atoms with Crippen LogP contribution in [0.1, 0.15) is 84.0 Å². The van der Waals surface area contributed by atoms with Crippen molar-refractivity contribution in [3.05, 3.63) is 0 Å². The molecule has 0 amide bonds. The van der Waals surface area contributed by atoms with Gasteiger partial charge >= 0.3 is 5.97 Å². The first-order valence-electron chi connectivity index (χ1n) is 8.15. The second kappa shape index (κ2) is 13.4. The summed E-state index contributed by atoms with van der Waals surface area (Å²) >= 11 is 0. The molecule has 0 aliphatic carbocycles.